The molecule has 2 unspecified atom stereocenters. The van der Waals surface area contributed by atoms with E-state index in [1.807, 2.05) is 31.2 Å². The zero-order chi connectivity index (χ0) is 29.9. The number of carbonyl (C=O) groups excluding carboxylic acids is 3. The van der Waals surface area contributed by atoms with Crippen LogP contribution >= 0.6 is 0 Å². The van der Waals surface area contributed by atoms with Crippen molar-refractivity contribution in [1.29, 1.82) is 0 Å². The maximum atomic E-state index is 14.6. The molecule has 0 radical (unpaired) electrons. The summed E-state index contributed by atoms with van der Waals surface area (Å²) in [4.78, 5) is 47.5. The van der Waals surface area contributed by atoms with Crippen molar-refractivity contribution in [2.45, 2.75) is 76.7 Å². The summed E-state index contributed by atoms with van der Waals surface area (Å²) in [5.74, 6) is -2.85. The number of hydrogen-bond donors (Lipinski definition) is 1. The highest BCUT2D eigenvalue weighted by molar-refractivity contribution is 6.05. The van der Waals surface area contributed by atoms with Crippen molar-refractivity contribution in [1.82, 2.24) is 4.90 Å². The average Bonchev–Trinajstić information content (AvgIpc) is 3.55. The summed E-state index contributed by atoms with van der Waals surface area (Å²) >= 11 is 0. The minimum atomic E-state index is -1.20. The van der Waals surface area contributed by atoms with E-state index < -0.39 is 41.1 Å². The van der Waals surface area contributed by atoms with Gasteiger partial charge in [0.05, 0.1) is 30.8 Å². The quantitative estimate of drug-likeness (QED) is 0.208. The number of anilines is 2. The van der Waals surface area contributed by atoms with Gasteiger partial charge in [-0.25, -0.2) is 0 Å². The molecule has 9 heteroatoms. The Balaban J connectivity index is 1.72. The van der Waals surface area contributed by atoms with Gasteiger partial charge in [0, 0.05) is 31.0 Å². The highest BCUT2D eigenvalue weighted by atomic mass is 16.6. The molecular formula is C32H45N3O6. The molecule has 3 heterocycles. The van der Waals surface area contributed by atoms with Gasteiger partial charge in [-0.3, -0.25) is 14.4 Å². The molecule has 1 spiro atoms. The normalized spacial score (nSPS) is 28.8. The standard InChI is InChI=1S/C32H45N3O6/c1-7-11-12-20-40-30(39)26-25-28(37)35(22(5)21-36)27(32(25)18-17-31(26,6)41-32)29(38)34(19-8-2)24-15-13-23(14-16-24)33(9-3)10-4/h7-8,13-16,22,25-27,36H,1-2,9-12,17-21H2,3-6H3/t22-,25+,26-,27?,31+,32?/m1/s1. The van der Waals surface area contributed by atoms with E-state index in [0.29, 0.717) is 31.4 Å². The molecule has 4 rings (SSSR count). The highest BCUT2D eigenvalue weighted by Gasteiger charge is 2.79. The second-order valence-corrected chi connectivity index (χ2v) is 11.5. The van der Waals surface area contributed by atoms with Crippen LogP contribution in [-0.2, 0) is 23.9 Å². The molecule has 224 valence electrons. The van der Waals surface area contributed by atoms with Gasteiger partial charge in [0.15, 0.2) is 0 Å². The molecule has 3 aliphatic rings. The Morgan fingerprint density at radius 3 is 2.41 bits per heavy atom. The number of ether oxygens (including phenoxy) is 2. The summed E-state index contributed by atoms with van der Waals surface area (Å²) in [5.41, 5.74) is -0.392. The number of esters is 1. The molecular weight excluding hydrogens is 522 g/mol. The van der Waals surface area contributed by atoms with Crippen LogP contribution < -0.4 is 9.80 Å². The maximum absolute atomic E-state index is 14.6. The molecule has 6 atom stereocenters. The summed E-state index contributed by atoms with van der Waals surface area (Å²) in [6, 6.07) is 6.11. The van der Waals surface area contributed by atoms with Crippen LogP contribution in [0.2, 0.25) is 0 Å². The van der Waals surface area contributed by atoms with Crippen molar-refractivity contribution in [2.75, 3.05) is 42.6 Å². The van der Waals surface area contributed by atoms with Crippen LogP contribution in [0.25, 0.3) is 0 Å². The van der Waals surface area contributed by atoms with Crippen LogP contribution in [0.5, 0.6) is 0 Å². The predicted molar refractivity (Wildman–Crippen MR) is 159 cm³/mol. The molecule has 1 aromatic carbocycles. The summed E-state index contributed by atoms with van der Waals surface area (Å²) in [7, 11) is 0. The van der Waals surface area contributed by atoms with E-state index in [1.54, 1.807) is 24.0 Å². The van der Waals surface area contributed by atoms with Crippen LogP contribution in [0.3, 0.4) is 0 Å². The Bertz CT molecular complexity index is 1150. The Hall–Kier alpha value is -3.17. The third-order valence-corrected chi connectivity index (χ3v) is 9.11. The number of benzene rings is 1. The fourth-order valence-electron chi connectivity index (χ4n) is 7.08. The maximum Gasteiger partial charge on any atom is 0.312 e. The summed E-state index contributed by atoms with van der Waals surface area (Å²) in [6.45, 7) is 17.2. The van der Waals surface area contributed by atoms with E-state index in [1.165, 1.54) is 4.90 Å². The van der Waals surface area contributed by atoms with Gasteiger partial charge >= 0.3 is 5.97 Å². The fraction of sp³-hybridized carbons (Fsp3) is 0.594. The first-order valence-corrected chi connectivity index (χ1v) is 14.8. The Morgan fingerprint density at radius 2 is 1.83 bits per heavy atom. The number of nitrogens with zero attached hydrogens (tertiary/aromatic N) is 3. The van der Waals surface area contributed by atoms with Crippen molar-refractivity contribution >= 4 is 29.2 Å². The summed E-state index contributed by atoms with van der Waals surface area (Å²) in [6.07, 6.45) is 5.75. The zero-order valence-corrected chi connectivity index (χ0v) is 24.9. The Labute approximate surface area is 243 Å². The van der Waals surface area contributed by atoms with E-state index in [9.17, 15) is 19.5 Å². The van der Waals surface area contributed by atoms with E-state index in [-0.39, 0.29) is 31.6 Å². The largest absolute Gasteiger partial charge is 0.465 e. The minimum Gasteiger partial charge on any atom is -0.465 e. The Morgan fingerprint density at radius 1 is 1.17 bits per heavy atom. The number of carbonyl (C=O) groups is 3. The van der Waals surface area contributed by atoms with Gasteiger partial charge in [-0.2, -0.15) is 0 Å². The van der Waals surface area contributed by atoms with Gasteiger partial charge in [-0.1, -0.05) is 12.2 Å². The van der Waals surface area contributed by atoms with E-state index in [4.69, 9.17) is 9.47 Å². The zero-order valence-electron chi connectivity index (χ0n) is 24.9. The molecule has 41 heavy (non-hydrogen) atoms. The van der Waals surface area contributed by atoms with E-state index in [2.05, 4.69) is 31.9 Å². The van der Waals surface area contributed by atoms with Crippen LogP contribution in [0.1, 0.15) is 53.4 Å². The van der Waals surface area contributed by atoms with Crippen molar-refractivity contribution in [3.63, 3.8) is 0 Å². The van der Waals surface area contributed by atoms with Gasteiger partial charge in [0.1, 0.15) is 17.6 Å². The van der Waals surface area contributed by atoms with Crippen molar-refractivity contribution in [2.24, 2.45) is 11.8 Å². The highest BCUT2D eigenvalue weighted by Crippen LogP contribution is 2.63. The average molecular weight is 568 g/mol. The first-order chi connectivity index (χ1) is 19.6. The SMILES string of the molecule is C=CCCCOC(=O)[C@H]1[C@H]2C(=O)N([C@H](C)CO)C(C(=O)N(CC=C)c3ccc(N(CC)CC)cc3)C23CC[C@]1(C)O3. The molecule has 0 aromatic heterocycles. The van der Waals surface area contributed by atoms with Gasteiger partial charge in [-0.05, 0) is 77.6 Å². The lowest BCUT2D eigenvalue weighted by molar-refractivity contribution is -0.160. The van der Waals surface area contributed by atoms with Crippen molar-refractivity contribution in [3.05, 3.63) is 49.6 Å². The number of fused-ring (bicyclic) bond motifs is 1. The second kappa shape index (κ2) is 12.4. The van der Waals surface area contributed by atoms with Crippen molar-refractivity contribution < 1.29 is 29.0 Å². The van der Waals surface area contributed by atoms with E-state index >= 15 is 0 Å². The Kier molecular flexibility index (Phi) is 9.29. The number of amides is 2. The molecule has 2 bridgehead atoms. The van der Waals surface area contributed by atoms with Gasteiger partial charge < -0.3 is 29.3 Å². The monoisotopic (exact) mass is 567 g/mol. The lowest BCUT2D eigenvalue weighted by Gasteiger charge is -2.38. The fourth-order valence-corrected chi connectivity index (χ4v) is 7.08. The third kappa shape index (κ3) is 5.18. The summed E-state index contributed by atoms with van der Waals surface area (Å²) in [5, 5.41) is 10.1. The predicted octanol–water partition coefficient (Wildman–Crippen LogP) is 3.71. The molecule has 9 nitrogen and oxygen atoms in total. The first kappa shape index (κ1) is 30.8. The topological polar surface area (TPSA) is 99.6 Å². The molecule has 1 aromatic rings. The second-order valence-electron chi connectivity index (χ2n) is 11.5. The number of aliphatic hydroxyl groups is 1. The number of hydrogen-bond acceptors (Lipinski definition) is 7. The van der Waals surface area contributed by atoms with Gasteiger partial charge in [-0.15, -0.1) is 13.2 Å². The lowest BCUT2D eigenvalue weighted by Crippen LogP contribution is -2.58. The van der Waals surface area contributed by atoms with Crippen LogP contribution in [0.15, 0.2) is 49.6 Å². The molecule has 0 aliphatic carbocycles. The van der Waals surface area contributed by atoms with Crippen molar-refractivity contribution in [3.8, 4) is 0 Å². The minimum absolute atomic E-state index is 0.223. The number of rotatable bonds is 14. The number of aliphatic hydroxyl groups excluding tert-OH is 1. The number of unbranched alkanes of at least 4 members (excludes halogenated alkanes) is 1. The smallest absolute Gasteiger partial charge is 0.312 e. The first-order valence-electron chi connectivity index (χ1n) is 14.8. The molecule has 2 amide bonds. The molecule has 3 fully saturated rings. The van der Waals surface area contributed by atoms with Crippen LogP contribution in [0, 0.1) is 11.8 Å². The van der Waals surface area contributed by atoms with E-state index in [0.717, 1.165) is 18.8 Å². The number of allylic oxidation sites excluding steroid dienone is 1. The molecule has 0 saturated carbocycles. The van der Waals surface area contributed by atoms with Gasteiger partial charge in [0.25, 0.3) is 5.91 Å². The molecule has 3 aliphatic heterocycles. The molecule has 3 saturated heterocycles. The number of likely N-dealkylation sites (tertiary alicyclic amines) is 1. The summed E-state index contributed by atoms with van der Waals surface area (Å²) < 4.78 is 12.3. The van der Waals surface area contributed by atoms with Crippen LogP contribution in [0.4, 0.5) is 11.4 Å². The van der Waals surface area contributed by atoms with Gasteiger partial charge in [0.2, 0.25) is 5.91 Å². The molecule has 1 N–H and O–H groups in total. The lowest BCUT2D eigenvalue weighted by atomic mass is 9.66. The third-order valence-electron chi connectivity index (χ3n) is 9.11. The van der Waals surface area contributed by atoms with Crippen LogP contribution in [-0.4, -0.2) is 83.9 Å².